The topological polar surface area (TPSA) is 110 Å². The maximum atomic E-state index is 12.9. The summed E-state index contributed by atoms with van der Waals surface area (Å²) in [4.78, 5) is 37.7. The van der Waals surface area contributed by atoms with Crippen LogP contribution < -0.4 is 4.74 Å². The van der Waals surface area contributed by atoms with Crippen LogP contribution in [0.15, 0.2) is 54.1 Å². The first-order valence-electron chi connectivity index (χ1n) is 11.1. The molecule has 1 saturated heterocycles. The van der Waals surface area contributed by atoms with Gasteiger partial charge in [-0.05, 0) is 30.5 Å². The van der Waals surface area contributed by atoms with E-state index in [-0.39, 0.29) is 16.8 Å². The number of ketones is 1. The molecule has 0 aliphatic carbocycles. The number of benzene rings is 2. The summed E-state index contributed by atoms with van der Waals surface area (Å²) < 4.78 is 5.75. The lowest BCUT2D eigenvalue weighted by molar-refractivity contribution is -0.384. The zero-order chi connectivity index (χ0) is 24.0. The number of aliphatic hydroxyl groups excluding tert-OH is 1. The molecule has 2 aromatic rings. The number of nitro groups is 1. The van der Waals surface area contributed by atoms with E-state index in [1.54, 1.807) is 24.3 Å². The number of nitro benzene ring substituents is 1. The minimum absolute atomic E-state index is 0.0782. The lowest BCUT2D eigenvalue weighted by Gasteiger charge is -2.25. The fraction of sp³-hybridized carbons (Fsp3) is 0.360. The summed E-state index contributed by atoms with van der Waals surface area (Å²) in [6.45, 7) is 4.95. The number of amides is 1. The number of nitrogens with zero attached hydrogens (tertiary/aromatic N) is 2. The summed E-state index contributed by atoms with van der Waals surface area (Å²) in [6, 6.07) is 11.7. The molecule has 1 unspecified atom stereocenters. The van der Waals surface area contributed by atoms with Crippen LogP contribution in [0.2, 0.25) is 0 Å². The molecule has 0 bridgehead atoms. The minimum atomic E-state index is -0.808. The van der Waals surface area contributed by atoms with E-state index in [4.69, 9.17) is 4.74 Å². The van der Waals surface area contributed by atoms with Crippen LogP contribution in [0, 0.1) is 10.1 Å². The molecule has 0 spiro atoms. The quantitative estimate of drug-likeness (QED) is 0.136. The molecule has 1 aliphatic heterocycles. The van der Waals surface area contributed by atoms with E-state index in [2.05, 4.69) is 6.92 Å². The average Bonchev–Trinajstić information content (AvgIpc) is 3.07. The van der Waals surface area contributed by atoms with Crippen molar-refractivity contribution in [1.82, 2.24) is 4.90 Å². The van der Waals surface area contributed by atoms with Gasteiger partial charge in [-0.25, -0.2) is 0 Å². The third-order valence-electron chi connectivity index (χ3n) is 5.55. The number of non-ortho nitro benzene ring substituents is 1. The number of Topliss-reactive ketones (excluding diaryl/α,β-unsaturated/α-hetero) is 1. The second-order valence-corrected chi connectivity index (χ2v) is 7.92. The molecular formula is C25H28N2O6. The summed E-state index contributed by atoms with van der Waals surface area (Å²) in [7, 11) is 0. The van der Waals surface area contributed by atoms with Gasteiger partial charge >= 0.3 is 0 Å². The highest BCUT2D eigenvalue weighted by Crippen LogP contribution is 2.40. The first kappa shape index (κ1) is 24.0. The van der Waals surface area contributed by atoms with Crippen LogP contribution in [0.3, 0.4) is 0 Å². The number of unbranched alkanes of at least 4 members (excludes halogenated alkanes) is 2. The SMILES string of the molecule is CCCCCOc1ccc(C2/C(=C(/O)c3cccc([N+](=O)[O-])c3)C(=O)C(=O)N2CCC)cc1. The van der Waals surface area contributed by atoms with Gasteiger partial charge in [0.1, 0.15) is 11.5 Å². The molecule has 0 radical (unpaired) electrons. The molecule has 0 saturated carbocycles. The first-order chi connectivity index (χ1) is 15.9. The number of hydrogen-bond donors (Lipinski definition) is 1. The maximum Gasteiger partial charge on any atom is 0.295 e. The second kappa shape index (κ2) is 10.8. The van der Waals surface area contributed by atoms with Crippen molar-refractivity contribution < 1.29 is 24.4 Å². The van der Waals surface area contributed by atoms with Crippen LogP contribution >= 0.6 is 0 Å². The van der Waals surface area contributed by atoms with E-state index in [1.165, 1.54) is 29.2 Å². The molecular weight excluding hydrogens is 424 g/mol. The number of hydrogen-bond acceptors (Lipinski definition) is 6. The Morgan fingerprint density at radius 1 is 1.09 bits per heavy atom. The Labute approximate surface area is 192 Å². The Bertz CT molecular complexity index is 1060. The van der Waals surface area contributed by atoms with Crippen molar-refractivity contribution in [3.05, 3.63) is 75.3 Å². The van der Waals surface area contributed by atoms with Crippen molar-refractivity contribution in [3.8, 4) is 5.75 Å². The third-order valence-corrected chi connectivity index (χ3v) is 5.55. The molecule has 174 valence electrons. The van der Waals surface area contributed by atoms with Crippen LogP contribution in [0.5, 0.6) is 5.75 Å². The molecule has 8 heteroatoms. The number of rotatable bonds is 10. The van der Waals surface area contributed by atoms with Gasteiger partial charge in [-0.3, -0.25) is 19.7 Å². The lowest BCUT2D eigenvalue weighted by Crippen LogP contribution is -2.30. The van der Waals surface area contributed by atoms with Crippen LogP contribution in [0.4, 0.5) is 5.69 Å². The summed E-state index contributed by atoms with van der Waals surface area (Å²) in [5, 5.41) is 22.1. The van der Waals surface area contributed by atoms with E-state index in [1.807, 2.05) is 6.92 Å². The zero-order valence-corrected chi connectivity index (χ0v) is 18.8. The van der Waals surface area contributed by atoms with Gasteiger partial charge in [-0.2, -0.15) is 0 Å². The summed E-state index contributed by atoms with van der Waals surface area (Å²) in [5.41, 5.74) is 0.462. The molecule has 1 fully saturated rings. The Kier molecular flexibility index (Phi) is 7.82. The minimum Gasteiger partial charge on any atom is -0.507 e. The van der Waals surface area contributed by atoms with Gasteiger partial charge in [0.2, 0.25) is 0 Å². The fourth-order valence-electron chi connectivity index (χ4n) is 3.91. The lowest BCUT2D eigenvalue weighted by atomic mass is 9.95. The second-order valence-electron chi connectivity index (χ2n) is 7.92. The van der Waals surface area contributed by atoms with E-state index in [9.17, 15) is 24.8 Å². The van der Waals surface area contributed by atoms with Gasteiger partial charge in [-0.15, -0.1) is 0 Å². The van der Waals surface area contributed by atoms with Crippen molar-refractivity contribution >= 4 is 23.1 Å². The van der Waals surface area contributed by atoms with Crippen molar-refractivity contribution in [2.45, 2.75) is 45.6 Å². The number of aliphatic hydroxyl groups is 1. The van der Waals surface area contributed by atoms with E-state index < -0.39 is 28.4 Å². The molecule has 0 aromatic heterocycles. The van der Waals surface area contributed by atoms with Crippen molar-refractivity contribution in [2.75, 3.05) is 13.2 Å². The molecule has 1 atom stereocenters. The fourth-order valence-corrected chi connectivity index (χ4v) is 3.91. The summed E-state index contributed by atoms with van der Waals surface area (Å²) in [6.07, 6.45) is 3.76. The Morgan fingerprint density at radius 3 is 2.45 bits per heavy atom. The monoisotopic (exact) mass is 452 g/mol. The van der Waals surface area contributed by atoms with Crippen molar-refractivity contribution in [2.24, 2.45) is 0 Å². The van der Waals surface area contributed by atoms with Crippen LogP contribution in [-0.2, 0) is 9.59 Å². The maximum absolute atomic E-state index is 12.9. The Morgan fingerprint density at radius 2 is 1.82 bits per heavy atom. The molecule has 1 heterocycles. The van der Waals surface area contributed by atoms with E-state index in [0.717, 1.165) is 19.3 Å². The normalized spacial score (nSPS) is 17.4. The van der Waals surface area contributed by atoms with E-state index in [0.29, 0.717) is 30.9 Å². The van der Waals surface area contributed by atoms with Gasteiger partial charge in [-0.1, -0.05) is 51.0 Å². The predicted molar refractivity (Wildman–Crippen MR) is 124 cm³/mol. The molecule has 1 N–H and O–H groups in total. The number of carbonyl (C=O) groups is 2. The average molecular weight is 453 g/mol. The van der Waals surface area contributed by atoms with Crippen LogP contribution in [-0.4, -0.2) is 39.8 Å². The number of likely N-dealkylation sites (tertiary alicyclic amines) is 1. The zero-order valence-electron chi connectivity index (χ0n) is 18.8. The Hall–Kier alpha value is -3.68. The summed E-state index contributed by atoms with van der Waals surface area (Å²) in [5.74, 6) is -1.26. The van der Waals surface area contributed by atoms with Gasteiger partial charge in [0.05, 0.1) is 23.1 Å². The first-order valence-corrected chi connectivity index (χ1v) is 11.1. The highest BCUT2D eigenvalue weighted by molar-refractivity contribution is 6.46. The van der Waals surface area contributed by atoms with Crippen LogP contribution in [0.1, 0.15) is 56.7 Å². The molecule has 2 aromatic carbocycles. The van der Waals surface area contributed by atoms with Gasteiger partial charge in [0.25, 0.3) is 17.4 Å². The molecule has 3 rings (SSSR count). The number of ether oxygens (including phenoxy) is 1. The third kappa shape index (κ3) is 5.22. The van der Waals surface area contributed by atoms with Crippen molar-refractivity contribution in [1.29, 1.82) is 0 Å². The standard InChI is InChI=1S/C25H28N2O6/c1-3-5-6-15-33-20-12-10-17(11-13-20)22-21(24(29)25(30)26(22)14-4-2)23(28)18-8-7-9-19(16-18)27(31)32/h7-13,16,22,28H,3-6,14-15H2,1-2H3/b23-21-. The highest BCUT2D eigenvalue weighted by Gasteiger charge is 2.45. The summed E-state index contributed by atoms with van der Waals surface area (Å²) >= 11 is 0. The van der Waals surface area contributed by atoms with Crippen LogP contribution in [0.25, 0.3) is 5.76 Å². The highest BCUT2D eigenvalue weighted by atomic mass is 16.6. The van der Waals surface area contributed by atoms with Crippen molar-refractivity contribution in [3.63, 3.8) is 0 Å². The van der Waals surface area contributed by atoms with Gasteiger partial charge < -0.3 is 14.7 Å². The van der Waals surface area contributed by atoms with E-state index >= 15 is 0 Å². The smallest absolute Gasteiger partial charge is 0.295 e. The largest absolute Gasteiger partial charge is 0.507 e. The van der Waals surface area contributed by atoms with Gasteiger partial charge in [0.15, 0.2) is 0 Å². The predicted octanol–water partition coefficient (Wildman–Crippen LogP) is 5.00. The van der Waals surface area contributed by atoms with Gasteiger partial charge in [0, 0.05) is 24.2 Å². The molecule has 1 amide bonds. The Balaban J connectivity index is 2.01. The molecule has 8 nitrogen and oxygen atoms in total. The molecule has 33 heavy (non-hydrogen) atoms. The number of carbonyl (C=O) groups excluding carboxylic acids is 2. The molecule has 1 aliphatic rings.